The first-order valence-corrected chi connectivity index (χ1v) is 4.76. The predicted octanol–water partition coefficient (Wildman–Crippen LogP) is 1.45. The van der Waals surface area contributed by atoms with Crippen LogP contribution in [0.1, 0.15) is 13.8 Å². The van der Waals surface area contributed by atoms with Crippen molar-refractivity contribution in [1.82, 2.24) is 0 Å². The molecule has 0 heterocycles. The van der Waals surface area contributed by atoms with Crippen LogP contribution in [-0.2, 0) is 9.53 Å². The highest BCUT2D eigenvalue weighted by Crippen LogP contribution is 2.18. The first-order valence-electron chi connectivity index (χ1n) is 4.76. The van der Waals surface area contributed by atoms with E-state index in [1.807, 2.05) is 0 Å². The minimum Gasteiger partial charge on any atom is -0.462 e. The molecule has 3 nitrogen and oxygen atoms in total. The first kappa shape index (κ1) is 13.2. The normalized spacial score (nSPS) is 12.4. The minimum absolute atomic E-state index is 0.00306. The Kier molecular flexibility index (Phi) is 4.33. The van der Waals surface area contributed by atoms with Crippen molar-refractivity contribution in [2.24, 2.45) is 5.41 Å². The molecule has 0 fully saturated rings. The molecule has 0 bridgehead atoms. The summed E-state index contributed by atoms with van der Waals surface area (Å²) in [5, 5.41) is 0. The smallest absolute Gasteiger partial charge is 0.330 e. The Balaban J connectivity index is 4.08. The molecule has 0 saturated carbocycles. The van der Waals surface area contributed by atoms with Gasteiger partial charge in [-0.15, -0.1) is 0 Å². The SMILES string of the molecule is C=CC(=O)OCC(C)(C)C[N+](C)(C)C. The molecule has 0 rings (SSSR count). The Labute approximate surface area is 86.9 Å². The van der Waals surface area contributed by atoms with Gasteiger partial charge in [0.25, 0.3) is 0 Å². The molecular formula is C11H22NO2+. The second kappa shape index (κ2) is 4.60. The van der Waals surface area contributed by atoms with Crippen molar-refractivity contribution in [3.8, 4) is 0 Å². The van der Waals surface area contributed by atoms with Crippen molar-refractivity contribution in [1.29, 1.82) is 0 Å². The van der Waals surface area contributed by atoms with Crippen molar-refractivity contribution in [3.05, 3.63) is 12.7 Å². The summed E-state index contributed by atoms with van der Waals surface area (Å²) < 4.78 is 5.89. The lowest BCUT2D eigenvalue weighted by molar-refractivity contribution is -0.877. The minimum atomic E-state index is -0.348. The molecule has 0 aromatic rings. The fourth-order valence-electron chi connectivity index (χ4n) is 1.66. The molecule has 3 heteroatoms. The Morgan fingerprint density at radius 2 is 1.93 bits per heavy atom. The highest BCUT2D eigenvalue weighted by molar-refractivity contribution is 5.81. The van der Waals surface area contributed by atoms with Gasteiger partial charge in [0.15, 0.2) is 0 Å². The number of esters is 1. The Bertz CT molecular complexity index is 214. The lowest BCUT2D eigenvalue weighted by atomic mass is 9.93. The van der Waals surface area contributed by atoms with E-state index >= 15 is 0 Å². The molecule has 0 aliphatic carbocycles. The molecule has 0 aromatic heterocycles. The van der Waals surface area contributed by atoms with Crippen LogP contribution in [0.2, 0.25) is 0 Å². The number of hydrogen-bond acceptors (Lipinski definition) is 2. The summed E-state index contributed by atoms with van der Waals surface area (Å²) in [6.45, 7) is 8.93. The Morgan fingerprint density at radius 1 is 1.43 bits per heavy atom. The van der Waals surface area contributed by atoms with E-state index in [4.69, 9.17) is 4.74 Å². The molecule has 14 heavy (non-hydrogen) atoms. The van der Waals surface area contributed by atoms with E-state index in [1.54, 1.807) is 0 Å². The molecule has 0 unspecified atom stereocenters. The van der Waals surface area contributed by atoms with Gasteiger partial charge in [-0.25, -0.2) is 4.79 Å². The number of rotatable bonds is 5. The van der Waals surface area contributed by atoms with Gasteiger partial charge in [-0.1, -0.05) is 20.4 Å². The molecular weight excluding hydrogens is 178 g/mol. The van der Waals surface area contributed by atoms with Crippen LogP contribution in [0.15, 0.2) is 12.7 Å². The monoisotopic (exact) mass is 200 g/mol. The Hall–Kier alpha value is -0.830. The molecule has 0 aliphatic rings. The van der Waals surface area contributed by atoms with Gasteiger partial charge in [-0.2, -0.15) is 0 Å². The van der Waals surface area contributed by atoms with E-state index in [-0.39, 0.29) is 11.4 Å². The van der Waals surface area contributed by atoms with Crippen LogP contribution in [-0.4, -0.2) is 44.7 Å². The molecule has 0 N–H and O–H groups in total. The van der Waals surface area contributed by atoms with Crippen LogP contribution >= 0.6 is 0 Å². The average Bonchev–Trinajstić information content (AvgIpc) is 1.96. The largest absolute Gasteiger partial charge is 0.462 e. The second-order valence-electron chi connectivity index (χ2n) is 5.42. The maximum Gasteiger partial charge on any atom is 0.330 e. The second-order valence-corrected chi connectivity index (χ2v) is 5.42. The van der Waals surface area contributed by atoms with Gasteiger partial charge in [0, 0.05) is 11.5 Å². The van der Waals surface area contributed by atoms with Crippen LogP contribution in [0.5, 0.6) is 0 Å². The average molecular weight is 200 g/mol. The zero-order valence-corrected chi connectivity index (χ0v) is 9.96. The quantitative estimate of drug-likeness (QED) is 0.381. The van der Waals surface area contributed by atoms with Crippen molar-refractivity contribution >= 4 is 5.97 Å². The van der Waals surface area contributed by atoms with Crippen LogP contribution in [0, 0.1) is 5.41 Å². The third-order valence-corrected chi connectivity index (χ3v) is 1.67. The van der Waals surface area contributed by atoms with Crippen molar-refractivity contribution in [2.75, 3.05) is 34.3 Å². The number of nitrogens with zero attached hydrogens (tertiary/aromatic N) is 1. The standard InChI is InChI=1S/C11H22NO2/c1-7-10(13)14-9-11(2,3)8-12(4,5)6/h7H,1,8-9H2,2-6H3/q+1. The van der Waals surface area contributed by atoms with E-state index < -0.39 is 0 Å². The highest BCUT2D eigenvalue weighted by Gasteiger charge is 2.27. The molecule has 0 atom stereocenters. The summed E-state index contributed by atoms with van der Waals surface area (Å²) in [4.78, 5) is 10.9. The summed E-state index contributed by atoms with van der Waals surface area (Å²) in [5.41, 5.74) is -0.00306. The van der Waals surface area contributed by atoms with E-state index in [1.165, 1.54) is 6.08 Å². The molecule has 0 spiro atoms. The lowest BCUT2D eigenvalue weighted by Crippen LogP contribution is -2.44. The molecule has 0 aromatic carbocycles. The number of carbonyl (C=O) groups excluding carboxylic acids is 1. The number of quaternary nitrogens is 1. The zero-order chi connectivity index (χ0) is 11.4. The van der Waals surface area contributed by atoms with Gasteiger partial charge in [-0.3, -0.25) is 0 Å². The maximum atomic E-state index is 10.9. The number of ether oxygens (including phenoxy) is 1. The topological polar surface area (TPSA) is 26.3 Å². The molecule has 0 amide bonds. The molecule has 82 valence electrons. The van der Waals surface area contributed by atoms with Gasteiger partial charge >= 0.3 is 5.97 Å². The van der Waals surface area contributed by atoms with Gasteiger partial charge in [0.2, 0.25) is 0 Å². The van der Waals surface area contributed by atoms with E-state index in [0.717, 1.165) is 11.0 Å². The Morgan fingerprint density at radius 3 is 2.29 bits per heavy atom. The number of carbonyl (C=O) groups is 1. The van der Waals surface area contributed by atoms with Gasteiger partial charge in [0.1, 0.15) is 6.61 Å². The van der Waals surface area contributed by atoms with Crippen LogP contribution in [0.3, 0.4) is 0 Å². The maximum absolute atomic E-state index is 10.9. The summed E-state index contributed by atoms with van der Waals surface area (Å²) in [5.74, 6) is -0.348. The summed E-state index contributed by atoms with van der Waals surface area (Å²) >= 11 is 0. The van der Waals surface area contributed by atoms with E-state index in [0.29, 0.717) is 6.61 Å². The highest BCUT2D eigenvalue weighted by atomic mass is 16.5. The van der Waals surface area contributed by atoms with E-state index in [9.17, 15) is 4.79 Å². The van der Waals surface area contributed by atoms with Crippen LogP contribution in [0.4, 0.5) is 0 Å². The zero-order valence-electron chi connectivity index (χ0n) is 9.96. The molecule has 0 saturated heterocycles. The fourth-order valence-corrected chi connectivity index (χ4v) is 1.66. The first-order chi connectivity index (χ1) is 6.16. The van der Waals surface area contributed by atoms with Crippen molar-refractivity contribution in [2.45, 2.75) is 13.8 Å². The third kappa shape index (κ3) is 6.66. The third-order valence-electron chi connectivity index (χ3n) is 1.67. The van der Waals surface area contributed by atoms with Crippen molar-refractivity contribution in [3.63, 3.8) is 0 Å². The fraction of sp³-hybridized carbons (Fsp3) is 0.727. The lowest BCUT2D eigenvalue weighted by Gasteiger charge is -2.33. The van der Waals surface area contributed by atoms with Gasteiger partial charge < -0.3 is 9.22 Å². The predicted molar refractivity (Wildman–Crippen MR) is 57.8 cm³/mol. The summed E-state index contributed by atoms with van der Waals surface area (Å²) in [6.07, 6.45) is 1.20. The van der Waals surface area contributed by atoms with Crippen LogP contribution in [0.25, 0.3) is 0 Å². The van der Waals surface area contributed by atoms with Crippen LogP contribution < -0.4 is 0 Å². The molecule has 0 aliphatic heterocycles. The van der Waals surface area contributed by atoms with Crippen molar-refractivity contribution < 1.29 is 14.0 Å². The molecule has 0 radical (unpaired) electrons. The summed E-state index contributed by atoms with van der Waals surface area (Å²) in [7, 11) is 6.37. The van der Waals surface area contributed by atoms with E-state index in [2.05, 4.69) is 41.6 Å². The van der Waals surface area contributed by atoms with Gasteiger partial charge in [-0.05, 0) is 0 Å². The number of hydrogen-bond donors (Lipinski definition) is 0. The van der Waals surface area contributed by atoms with Gasteiger partial charge in [0.05, 0.1) is 27.7 Å². The summed E-state index contributed by atoms with van der Waals surface area (Å²) in [6, 6.07) is 0.